The smallest absolute Gasteiger partial charge is 0.314 e. The quantitative estimate of drug-likeness (QED) is 0.616. The summed E-state index contributed by atoms with van der Waals surface area (Å²) in [6.07, 6.45) is 4.79. The van der Waals surface area contributed by atoms with Crippen LogP contribution < -0.4 is 0 Å². The Morgan fingerprint density at radius 3 is 2.42 bits per heavy atom. The van der Waals surface area contributed by atoms with E-state index in [1.807, 2.05) is 30.3 Å². The lowest BCUT2D eigenvalue weighted by Gasteiger charge is -2.39. The molecule has 2 aliphatic heterocycles. The van der Waals surface area contributed by atoms with Crippen molar-refractivity contribution < 1.29 is 14.0 Å². The van der Waals surface area contributed by atoms with Gasteiger partial charge in [0.1, 0.15) is 0 Å². The highest BCUT2D eigenvalue weighted by Crippen LogP contribution is 2.50. The Balaban J connectivity index is 1.70. The van der Waals surface area contributed by atoms with Crippen LogP contribution in [0.1, 0.15) is 31.2 Å². The van der Waals surface area contributed by atoms with Crippen LogP contribution >= 0.6 is 0 Å². The number of quaternary nitrogens is 1. The van der Waals surface area contributed by atoms with Gasteiger partial charge < -0.3 is 4.74 Å². The Morgan fingerprint density at radius 1 is 1.26 bits per heavy atom. The Labute approximate surface area is 114 Å². The van der Waals surface area contributed by atoms with Gasteiger partial charge in [0.25, 0.3) is 0 Å². The fraction of sp³-hybridized carbons (Fsp3) is 0.562. The summed E-state index contributed by atoms with van der Waals surface area (Å²) in [5, 5.41) is 0. The van der Waals surface area contributed by atoms with Crippen molar-refractivity contribution in [2.75, 3.05) is 14.1 Å². The maximum Gasteiger partial charge on any atom is 0.314 e. The van der Waals surface area contributed by atoms with Crippen molar-refractivity contribution in [1.82, 2.24) is 0 Å². The zero-order valence-electron chi connectivity index (χ0n) is 11.8. The molecule has 0 saturated carbocycles. The zero-order valence-corrected chi connectivity index (χ0v) is 11.8. The largest absolute Gasteiger partial charge is 0.410 e. The van der Waals surface area contributed by atoms with Crippen LogP contribution in [0.25, 0.3) is 0 Å². The predicted octanol–water partition coefficient (Wildman–Crippen LogP) is 2.50. The van der Waals surface area contributed by atoms with E-state index in [2.05, 4.69) is 14.1 Å². The number of carbonyl (C=O) groups excluding carboxylic acids is 1. The van der Waals surface area contributed by atoms with Crippen LogP contribution in [0.3, 0.4) is 0 Å². The molecule has 1 aromatic rings. The standard InChI is InChI=1S/C16H22NO2/c1-17(2)14-8-10-16(17,11-9-14)19-15(18)12-13-6-4-3-5-7-13/h3-7,14H,8-12H2,1-2H3/q+1. The van der Waals surface area contributed by atoms with E-state index in [1.165, 1.54) is 12.8 Å². The second kappa shape index (κ2) is 4.34. The molecule has 2 saturated heterocycles. The van der Waals surface area contributed by atoms with Gasteiger partial charge in [-0.3, -0.25) is 9.28 Å². The van der Waals surface area contributed by atoms with Gasteiger partial charge in [-0.25, -0.2) is 0 Å². The molecular formula is C16H22NO2+. The molecule has 0 spiro atoms. The number of nitrogens with zero attached hydrogens (tertiary/aromatic N) is 1. The summed E-state index contributed by atoms with van der Waals surface area (Å²) in [7, 11) is 4.42. The average molecular weight is 260 g/mol. The maximum absolute atomic E-state index is 12.2. The number of ether oxygens (including phenoxy) is 1. The minimum absolute atomic E-state index is 0.0834. The molecule has 0 N–H and O–H groups in total. The van der Waals surface area contributed by atoms with Crippen molar-refractivity contribution in [2.24, 2.45) is 0 Å². The molecule has 3 nitrogen and oxygen atoms in total. The molecule has 102 valence electrons. The molecular weight excluding hydrogens is 238 g/mol. The number of fused-ring (bicyclic) bond motifs is 2. The number of carbonyl (C=O) groups is 1. The zero-order chi connectivity index (χ0) is 13.5. The van der Waals surface area contributed by atoms with Crippen molar-refractivity contribution in [3.8, 4) is 0 Å². The normalized spacial score (nSPS) is 31.4. The summed E-state index contributed by atoms with van der Waals surface area (Å²) in [5.41, 5.74) is 0.776. The van der Waals surface area contributed by atoms with Crippen LogP contribution in [0.5, 0.6) is 0 Å². The highest BCUT2D eigenvalue weighted by Gasteiger charge is 2.63. The van der Waals surface area contributed by atoms with Gasteiger partial charge in [-0.2, -0.15) is 0 Å². The van der Waals surface area contributed by atoms with Crippen molar-refractivity contribution in [1.29, 1.82) is 0 Å². The third kappa shape index (κ3) is 1.96. The van der Waals surface area contributed by atoms with Gasteiger partial charge in [0.15, 0.2) is 0 Å². The van der Waals surface area contributed by atoms with Crippen molar-refractivity contribution in [3.05, 3.63) is 35.9 Å². The molecule has 2 heterocycles. The van der Waals surface area contributed by atoms with E-state index >= 15 is 0 Å². The van der Waals surface area contributed by atoms with Gasteiger partial charge >= 0.3 is 5.97 Å². The van der Waals surface area contributed by atoms with Crippen molar-refractivity contribution in [3.63, 3.8) is 0 Å². The Hall–Kier alpha value is -1.35. The van der Waals surface area contributed by atoms with Gasteiger partial charge in [-0.15, -0.1) is 0 Å². The Bertz CT molecular complexity index is 473. The van der Waals surface area contributed by atoms with Crippen LogP contribution in [0, 0.1) is 0 Å². The van der Waals surface area contributed by atoms with Crippen LogP contribution in [0.4, 0.5) is 0 Å². The third-order valence-electron chi connectivity index (χ3n) is 5.19. The topological polar surface area (TPSA) is 26.3 Å². The van der Waals surface area contributed by atoms with Gasteiger partial charge in [-0.05, 0) is 5.56 Å². The van der Waals surface area contributed by atoms with Crippen LogP contribution in [0.2, 0.25) is 0 Å². The van der Waals surface area contributed by atoms with Gasteiger partial charge in [-0.1, -0.05) is 30.3 Å². The first-order valence-electron chi connectivity index (χ1n) is 7.13. The van der Waals surface area contributed by atoms with Crippen LogP contribution in [-0.2, 0) is 16.0 Å². The fourth-order valence-corrected chi connectivity index (χ4v) is 3.84. The number of hydrogen-bond acceptors (Lipinski definition) is 2. The summed E-state index contributed by atoms with van der Waals surface area (Å²) >= 11 is 0. The molecule has 0 amide bonds. The molecule has 0 atom stereocenters. The monoisotopic (exact) mass is 260 g/mol. The molecule has 19 heavy (non-hydrogen) atoms. The van der Waals surface area contributed by atoms with Crippen molar-refractivity contribution >= 4 is 5.97 Å². The van der Waals surface area contributed by atoms with E-state index in [4.69, 9.17) is 4.74 Å². The highest BCUT2D eigenvalue weighted by atomic mass is 16.6. The lowest BCUT2D eigenvalue weighted by atomic mass is 9.97. The fourth-order valence-electron chi connectivity index (χ4n) is 3.84. The average Bonchev–Trinajstić information content (AvgIpc) is 2.76. The predicted molar refractivity (Wildman–Crippen MR) is 73.3 cm³/mol. The van der Waals surface area contributed by atoms with E-state index in [9.17, 15) is 4.79 Å². The molecule has 2 fully saturated rings. The number of esters is 1. The third-order valence-corrected chi connectivity index (χ3v) is 5.19. The maximum atomic E-state index is 12.2. The van der Waals surface area contributed by atoms with Crippen LogP contribution in [-0.4, -0.2) is 36.3 Å². The molecule has 3 heteroatoms. The van der Waals surface area contributed by atoms with E-state index in [1.54, 1.807) is 0 Å². The Morgan fingerprint density at radius 2 is 1.89 bits per heavy atom. The number of hydrogen-bond donors (Lipinski definition) is 0. The molecule has 0 aliphatic carbocycles. The number of benzene rings is 1. The van der Waals surface area contributed by atoms with E-state index in [-0.39, 0.29) is 11.7 Å². The summed E-state index contributed by atoms with van der Waals surface area (Å²) in [6.45, 7) is 0. The summed E-state index contributed by atoms with van der Waals surface area (Å²) in [6, 6.07) is 10.5. The van der Waals surface area contributed by atoms with Crippen molar-refractivity contribution in [2.45, 2.75) is 43.9 Å². The van der Waals surface area contributed by atoms with E-state index in [0.717, 1.165) is 22.9 Å². The second-order valence-electron chi connectivity index (χ2n) is 6.35. The second-order valence-corrected chi connectivity index (χ2v) is 6.35. The molecule has 1 aromatic carbocycles. The Kier molecular flexibility index (Phi) is 2.90. The van der Waals surface area contributed by atoms with Gasteiger partial charge in [0.05, 0.1) is 26.6 Å². The van der Waals surface area contributed by atoms with Gasteiger partial charge in [0, 0.05) is 25.7 Å². The molecule has 2 aliphatic rings. The molecule has 2 bridgehead atoms. The molecule has 0 radical (unpaired) electrons. The summed E-state index contributed by atoms with van der Waals surface area (Å²) in [5.74, 6) is -0.0834. The first kappa shape index (κ1) is 12.7. The van der Waals surface area contributed by atoms with E-state index in [0.29, 0.717) is 12.5 Å². The first-order valence-corrected chi connectivity index (χ1v) is 7.13. The lowest BCUT2D eigenvalue weighted by molar-refractivity contribution is -0.957. The molecule has 3 rings (SSSR count). The lowest BCUT2D eigenvalue weighted by Crippen LogP contribution is -2.56. The molecule has 0 aromatic heterocycles. The van der Waals surface area contributed by atoms with Crippen LogP contribution in [0.15, 0.2) is 30.3 Å². The minimum Gasteiger partial charge on any atom is -0.410 e. The summed E-state index contributed by atoms with van der Waals surface area (Å²) in [4.78, 5) is 12.2. The minimum atomic E-state index is -0.253. The summed E-state index contributed by atoms with van der Waals surface area (Å²) < 4.78 is 6.80. The van der Waals surface area contributed by atoms with Gasteiger partial charge in [0.2, 0.25) is 5.72 Å². The number of rotatable bonds is 3. The van der Waals surface area contributed by atoms with E-state index < -0.39 is 0 Å². The SMILES string of the molecule is C[N+]1(C)C2CCC1(OC(=O)Cc1ccccc1)CC2. The first-order chi connectivity index (χ1) is 9.03. The molecule has 0 unspecified atom stereocenters. The highest BCUT2D eigenvalue weighted by molar-refractivity contribution is 5.73.